The average Bonchev–Trinajstić information content (AvgIpc) is 2.37. The number of halogens is 1. The number of carbonyl (C=O) groups is 2. The molecule has 0 aromatic heterocycles. The fraction of sp³-hybridized carbons (Fsp3) is 0.333. The van der Waals surface area contributed by atoms with Crippen LogP contribution in [0.15, 0.2) is 30.3 Å². The van der Waals surface area contributed by atoms with Gasteiger partial charge in [0.2, 0.25) is 11.8 Å². The van der Waals surface area contributed by atoms with Crippen LogP contribution in [-0.2, 0) is 9.59 Å². The summed E-state index contributed by atoms with van der Waals surface area (Å²) in [5.74, 6) is -0.515. The summed E-state index contributed by atoms with van der Waals surface area (Å²) in [7, 11) is 3.08. The monoisotopic (exact) mass is 254 g/mol. The van der Waals surface area contributed by atoms with Gasteiger partial charge in [0.1, 0.15) is 5.38 Å². The van der Waals surface area contributed by atoms with Crippen molar-refractivity contribution in [2.24, 2.45) is 0 Å². The summed E-state index contributed by atoms with van der Waals surface area (Å²) >= 11 is 6.06. The Hall–Kier alpha value is -1.55. The van der Waals surface area contributed by atoms with Gasteiger partial charge in [-0.2, -0.15) is 0 Å². The Morgan fingerprint density at radius 1 is 1.35 bits per heavy atom. The first-order valence-corrected chi connectivity index (χ1v) is 5.64. The zero-order chi connectivity index (χ0) is 12.8. The molecule has 1 unspecified atom stereocenters. The van der Waals surface area contributed by atoms with E-state index in [1.54, 1.807) is 19.2 Å². The molecule has 5 heteroatoms. The van der Waals surface area contributed by atoms with Crippen LogP contribution in [0.25, 0.3) is 0 Å². The van der Waals surface area contributed by atoms with Crippen molar-refractivity contribution in [1.82, 2.24) is 10.2 Å². The normalized spacial score (nSPS) is 11.7. The Bertz CT molecular complexity index is 395. The molecule has 92 valence electrons. The quantitative estimate of drug-likeness (QED) is 0.820. The van der Waals surface area contributed by atoms with Crippen LogP contribution in [0, 0.1) is 0 Å². The van der Waals surface area contributed by atoms with Crippen molar-refractivity contribution in [3.63, 3.8) is 0 Å². The van der Waals surface area contributed by atoms with Crippen molar-refractivity contribution >= 4 is 23.4 Å². The smallest absolute Gasteiger partial charge is 0.245 e. The Balaban J connectivity index is 2.67. The lowest BCUT2D eigenvalue weighted by molar-refractivity contribution is -0.134. The molecule has 4 nitrogen and oxygen atoms in total. The van der Waals surface area contributed by atoms with Crippen molar-refractivity contribution in [2.75, 3.05) is 20.6 Å². The average molecular weight is 255 g/mol. The highest BCUT2D eigenvalue weighted by Crippen LogP contribution is 2.21. The van der Waals surface area contributed by atoms with Gasteiger partial charge in [-0.15, -0.1) is 11.6 Å². The topological polar surface area (TPSA) is 49.4 Å². The second-order valence-corrected chi connectivity index (χ2v) is 4.08. The number of hydrogen-bond acceptors (Lipinski definition) is 2. The third-order valence-corrected chi connectivity index (χ3v) is 2.78. The largest absolute Gasteiger partial charge is 0.358 e. The standard InChI is InChI=1S/C12H15ClN2O2/c1-14-10(16)8-15(2)12(17)11(13)9-6-4-3-5-7-9/h3-7,11H,8H2,1-2H3,(H,14,16). The number of alkyl halides is 1. The van der Waals surface area contributed by atoms with E-state index in [1.165, 1.54) is 11.9 Å². The van der Waals surface area contributed by atoms with Gasteiger partial charge in [-0.1, -0.05) is 30.3 Å². The fourth-order valence-corrected chi connectivity index (χ4v) is 1.64. The van der Waals surface area contributed by atoms with Crippen LogP contribution in [0.1, 0.15) is 10.9 Å². The molecule has 2 amide bonds. The third-order valence-electron chi connectivity index (χ3n) is 2.34. The van der Waals surface area contributed by atoms with Crippen LogP contribution in [0.3, 0.4) is 0 Å². The minimum absolute atomic E-state index is 0.00534. The second kappa shape index (κ2) is 6.25. The van der Waals surface area contributed by atoms with E-state index in [1.807, 2.05) is 18.2 Å². The molecule has 1 rings (SSSR count). The first-order valence-electron chi connectivity index (χ1n) is 5.21. The Kier molecular flexibility index (Phi) is 4.97. The summed E-state index contributed by atoms with van der Waals surface area (Å²) in [5.41, 5.74) is 0.725. The van der Waals surface area contributed by atoms with Crippen LogP contribution in [0.4, 0.5) is 0 Å². The lowest BCUT2D eigenvalue weighted by atomic mass is 10.1. The first kappa shape index (κ1) is 13.5. The molecule has 0 saturated carbocycles. The molecular formula is C12H15ClN2O2. The van der Waals surface area contributed by atoms with E-state index in [2.05, 4.69) is 5.32 Å². The summed E-state index contributed by atoms with van der Waals surface area (Å²) in [5, 5.41) is 1.70. The van der Waals surface area contributed by atoms with E-state index in [4.69, 9.17) is 11.6 Å². The zero-order valence-corrected chi connectivity index (χ0v) is 10.6. The summed E-state index contributed by atoms with van der Waals surface area (Å²) < 4.78 is 0. The maximum atomic E-state index is 11.9. The van der Waals surface area contributed by atoms with Gasteiger partial charge in [-0.3, -0.25) is 9.59 Å². The van der Waals surface area contributed by atoms with Crippen LogP contribution >= 0.6 is 11.6 Å². The highest BCUT2D eigenvalue weighted by atomic mass is 35.5. The maximum absolute atomic E-state index is 11.9. The lowest BCUT2D eigenvalue weighted by Gasteiger charge is -2.19. The van der Waals surface area contributed by atoms with Gasteiger partial charge in [-0.05, 0) is 5.56 Å². The molecule has 0 heterocycles. The molecule has 1 N–H and O–H groups in total. The molecule has 0 spiro atoms. The van der Waals surface area contributed by atoms with E-state index < -0.39 is 5.38 Å². The molecule has 1 atom stereocenters. The van der Waals surface area contributed by atoms with Crippen LogP contribution < -0.4 is 5.32 Å². The number of amides is 2. The zero-order valence-electron chi connectivity index (χ0n) is 9.81. The molecule has 0 bridgehead atoms. The van der Waals surface area contributed by atoms with Gasteiger partial charge in [0.15, 0.2) is 0 Å². The van der Waals surface area contributed by atoms with E-state index in [0.29, 0.717) is 0 Å². The number of likely N-dealkylation sites (N-methyl/N-ethyl adjacent to an activating group) is 2. The predicted octanol–water partition coefficient (Wildman–Crippen LogP) is 1.17. The molecular weight excluding hydrogens is 240 g/mol. The number of carbonyl (C=O) groups excluding carboxylic acids is 2. The molecule has 0 aliphatic rings. The first-order chi connectivity index (χ1) is 8.06. The van der Waals surface area contributed by atoms with Crippen LogP contribution in [-0.4, -0.2) is 37.4 Å². The highest BCUT2D eigenvalue weighted by Gasteiger charge is 2.22. The van der Waals surface area contributed by atoms with Gasteiger partial charge in [-0.25, -0.2) is 0 Å². The van der Waals surface area contributed by atoms with Crippen molar-refractivity contribution in [3.05, 3.63) is 35.9 Å². The fourth-order valence-electron chi connectivity index (χ4n) is 1.33. The van der Waals surface area contributed by atoms with Gasteiger partial charge in [0.25, 0.3) is 0 Å². The Labute approximate surface area is 106 Å². The number of hydrogen-bond donors (Lipinski definition) is 1. The molecule has 17 heavy (non-hydrogen) atoms. The summed E-state index contributed by atoms with van der Waals surface area (Å²) in [4.78, 5) is 24.4. The van der Waals surface area contributed by atoms with Crippen molar-refractivity contribution in [3.8, 4) is 0 Å². The Morgan fingerprint density at radius 3 is 2.47 bits per heavy atom. The summed E-state index contributed by atoms with van der Waals surface area (Å²) in [6.07, 6.45) is 0. The Morgan fingerprint density at radius 2 is 1.94 bits per heavy atom. The van der Waals surface area contributed by atoms with E-state index in [0.717, 1.165) is 5.56 Å². The van der Waals surface area contributed by atoms with E-state index in [-0.39, 0.29) is 18.4 Å². The molecule has 0 radical (unpaired) electrons. The second-order valence-electron chi connectivity index (χ2n) is 3.64. The van der Waals surface area contributed by atoms with E-state index in [9.17, 15) is 9.59 Å². The molecule has 0 saturated heterocycles. The molecule has 0 aliphatic carbocycles. The number of nitrogens with zero attached hydrogens (tertiary/aromatic N) is 1. The van der Waals surface area contributed by atoms with Crippen molar-refractivity contribution in [1.29, 1.82) is 0 Å². The SMILES string of the molecule is CNC(=O)CN(C)C(=O)C(Cl)c1ccccc1. The number of nitrogens with one attached hydrogen (secondary N) is 1. The summed E-state index contributed by atoms with van der Waals surface area (Å²) in [6.45, 7) is 0.00534. The van der Waals surface area contributed by atoms with Gasteiger partial charge in [0, 0.05) is 14.1 Å². The van der Waals surface area contributed by atoms with Crippen LogP contribution in [0.2, 0.25) is 0 Å². The minimum Gasteiger partial charge on any atom is -0.358 e. The van der Waals surface area contributed by atoms with Gasteiger partial charge >= 0.3 is 0 Å². The summed E-state index contributed by atoms with van der Waals surface area (Å²) in [6, 6.07) is 9.05. The van der Waals surface area contributed by atoms with Crippen LogP contribution in [0.5, 0.6) is 0 Å². The molecule has 1 aromatic rings. The van der Waals surface area contributed by atoms with Crippen molar-refractivity contribution < 1.29 is 9.59 Å². The van der Waals surface area contributed by atoms with Gasteiger partial charge in [0.05, 0.1) is 6.54 Å². The predicted molar refractivity (Wildman–Crippen MR) is 66.7 cm³/mol. The van der Waals surface area contributed by atoms with Crippen molar-refractivity contribution in [2.45, 2.75) is 5.38 Å². The third kappa shape index (κ3) is 3.75. The molecule has 0 fully saturated rings. The molecule has 0 aliphatic heterocycles. The number of benzene rings is 1. The number of rotatable bonds is 4. The lowest BCUT2D eigenvalue weighted by Crippen LogP contribution is -2.38. The van der Waals surface area contributed by atoms with E-state index >= 15 is 0 Å². The highest BCUT2D eigenvalue weighted by molar-refractivity contribution is 6.30. The maximum Gasteiger partial charge on any atom is 0.245 e. The molecule has 1 aromatic carbocycles. The minimum atomic E-state index is -0.758. The van der Waals surface area contributed by atoms with Gasteiger partial charge < -0.3 is 10.2 Å².